The van der Waals surface area contributed by atoms with Gasteiger partial charge in [0.1, 0.15) is 6.26 Å². The van der Waals surface area contributed by atoms with E-state index in [1.807, 2.05) is 6.07 Å². The zero-order valence-electron chi connectivity index (χ0n) is 10.6. The smallest absolute Gasteiger partial charge is 0.321 e. The SMILES string of the molecule is O=C(Nc1cncc(Cl)c1)N1CCC(c2ccon2)C1. The van der Waals surface area contributed by atoms with Crippen molar-refractivity contribution in [3.63, 3.8) is 0 Å². The summed E-state index contributed by atoms with van der Waals surface area (Å²) in [7, 11) is 0. The van der Waals surface area contributed by atoms with Gasteiger partial charge in [-0.1, -0.05) is 16.8 Å². The molecule has 104 valence electrons. The largest absolute Gasteiger partial charge is 0.365 e. The summed E-state index contributed by atoms with van der Waals surface area (Å²) in [6.07, 6.45) is 5.52. The van der Waals surface area contributed by atoms with Crippen molar-refractivity contribution in [1.29, 1.82) is 0 Å². The van der Waals surface area contributed by atoms with Crippen molar-refractivity contribution in [1.82, 2.24) is 15.0 Å². The number of carbonyl (C=O) groups is 1. The van der Waals surface area contributed by atoms with E-state index >= 15 is 0 Å². The number of likely N-dealkylation sites (tertiary alicyclic amines) is 1. The van der Waals surface area contributed by atoms with E-state index < -0.39 is 0 Å². The summed E-state index contributed by atoms with van der Waals surface area (Å²) in [6, 6.07) is 3.35. The molecule has 1 unspecified atom stereocenters. The lowest BCUT2D eigenvalue weighted by Gasteiger charge is -2.16. The molecule has 2 amide bonds. The molecule has 1 N–H and O–H groups in total. The maximum atomic E-state index is 12.1. The van der Waals surface area contributed by atoms with E-state index in [1.54, 1.807) is 23.4 Å². The Morgan fingerprint density at radius 3 is 3.15 bits per heavy atom. The topological polar surface area (TPSA) is 71.3 Å². The number of amides is 2. The number of halogens is 1. The van der Waals surface area contributed by atoms with Crippen molar-refractivity contribution in [2.75, 3.05) is 18.4 Å². The molecule has 2 aromatic rings. The Hall–Kier alpha value is -2.08. The summed E-state index contributed by atoms with van der Waals surface area (Å²) < 4.78 is 4.84. The Balaban J connectivity index is 1.61. The molecule has 0 bridgehead atoms. The fourth-order valence-corrected chi connectivity index (χ4v) is 2.48. The van der Waals surface area contributed by atoms with Gasteiger partial charge in [-0.25, -0.2) is 4.79 Å². The van der Waals surface area contributed by atoms with Gasteiger partial charge in [0, 0.05) is 31.3 Å². The number of hydrogen-bond donors (Lipinski definition) is 1. The zero-order chi connectivity index (χ0) is 13.9. The second-order valence-electron chi connectivity index (χ2n) is 4.68. The number of rotatable bonds is 2. The van der Waals surface area contributed by atoms with Crippen molar-refractivity contribution < 1.29 is 9.32 Å². The van der Waals surface area contributed by atoms with Crippen LogP contribution in [0.1, 0.15) is 18.0 Å². The molecule has 7 heteroatoms. The van der Waals surface area contributed by atoms with Gasteiger partial charge < -0.3 is 14.7 Å². The predicted molar refractivity (Wildman–Crippen MR) is 73.7 cm³/mol. The van der Waals surface area contributed by atoms with E-state index in [1.165, 1.54) is 6.20 Å². The standard InChI is InChI=1S/C13H13ClN4O2/c14-10-5-11(7-15-6-10)16-13(19)18-3-1-9(8-18)12-2-4-20-17-12/h2,4-7,9H,1,3,8H2,(H,16,19). The Morgan fingerprint density at radius 2 is 2.40 bits per heavy atom. The monoisotopic (exact) mass is 292 g/mol. The normalized spacial score (nSPS) is 18.2. The lowest BCUT2D eigenvalue weighted by Crippen LogP contribution is -2.32. The number of anilines is 1. The van der Waals surface area contributed by atoms with E-state index in [-0.39, 0.29) is 11.9 Å². The van der Waals surface area contributed by atoms with Crippen molar-refractivity contribution in [3.8, 4) is 0 Å². The van der Waals surface area contributed by atoms with Gasteiger partial charge in [0.15, 0.2) is 0 Å². The van der Waals surface area contributed by atoms with Crippen LogP contribution in [0.25, 0.3) is 0 Å². The number of nitrogens with zero attached hydrogens (tertiary/aromatic N) is 3. The van der Waals surface area contributed by atoms with Crippen LogP contribution in [0.5, 0.6) is 0 Å². The van der Waals surface area contributed by atoms with Crippen LogP contribution in [-0.2, 0) is 0 Å². The fraction of sp³-hybridized carbons (Fsp3) is 0.308. The van der Waals surface area contributed by atoms with Gasteiger partial charge >= 0.3 is 6.03 Å². The quantitative estimate of drug-likeness (QED) is 0.924. The van der Waals surface area contributed by atoms with Crippen LogP contribution in [0, 0.1) is 0 Å². The first-order valence-electron chi connectivity index (χ1n) is 6.29. The van der Waals surface area contributed by atoms with E-state index in [4.69, 9.17) is 16.1 Å². The molecule has 0 radical (unpaired) electrons. The molecule has 20 heavy (non-hydrogen) atoms. The molecule has 2 aromatic heterocycles. The Morgan fingerprint density at radius 1 is 1.50 bits per heavy atom. The lowest BCUT2D eigenvalue weighted by molar-refractivity contribution is 0.222. The van der Waals surface area contributed by atoms with Crippen LogP contribution in [-0.4, -0.2) is 34.2 Å². The summed E-state index contributed by atoms with van der Waals surface area (Å²) in [5, 5.41) is 7.20. The molecule has 1 aliphatic heterocycles. The molecule has 1 atom stereocenters. The molecule has 0 saturated carbocycles. The molecule has 0 aromatic carbocycles. The highest BCUT2D eigenvalue weighted by Crippen LogP contribution is 2.26. The van der Waals surface area contributed by atoms with Crippen LogP contribution in [0.15, 0.2) is 35.3 Å². The van der Waals surface area contributed by atoms with Crippen LogP contribution >= 0.6 is 11.6 Å². The molecular formula is C13H13ClN4O2. The number of hydrogen-bond acceptors (Lipinski definition) is 4. The van der Waals surface area contributed by atoms with Gasteiger partial charge in [-0.2, -0.15) is 0 Å². The average Bonchev–Trinajstić information content (AvgIpc) is 3.10. The van der Waals surface area contributed by atoms with Crippen molar-refractivity contribution >= 4 is 23.3 Å². The number of pyridine rings is 1. The Bertz CT molecular complexity index is 602. The molecule has 1 saturated heterocycles. The number of nitrogens with one attached hydrogen (secondary N) is 1. The van der Waals surface area contributed by atoms with Gasteiger partial charge in [-0.05, 0) is 12.5 Å². The number of carbonyl (C=O) groups excluding carboxylic acids is 1. The zero-order valence-corrected chi connectivity index (χ0v) is 11.4. The minimum absolute atomic E-state index is 0.153. The van der Waals surface area contributed by atoms with E-state index in [0.29, 0.717) is 23.8 Å². The third kappa shape index (κ3) is 2.75. The molecular weight excluding hydrogens is 280 g/mol. The Labute approximate surface area is 120 Å². The molecule has 1 aliphatic rings. The first-order valence-corrected chi connectivity index (χ1v) is 6.67. The maximum Gasteiger partial charge on any atom is 0.321 e. The fourth-order valence-electron chi connectivity index (χ4n) is 2.30. The van der Waals surface area contributed by atoms with Crippen molar-refractivity contribution in [2.24, 2.45) is 0 Å². The number of aromatic nitrogens is 2. The van der Waals surface area contributed by atoms with Gasteiger partial charge in [0.25, 0.3) is 0 Å². The summed E-state index contributed by atoms with van der Waals surface area (Å²) in [5.41, 5.74) is 1.48. The molecule has 3 heterocycles. The van der Waals surface area contributed by atoms with E-state index in [0.717, 1.165) is 12.1 Å². The maximum absolute atomic E-state index is 12.1. The first-order chi connectivity index (χ1) is 9.72. The molecule has 1 fully saturated rings. The van der Waals surface area contributed by atoms with Crippen LogP contribution < -0.4 is 5.32 Å². The molecule has 3 rings (SSSR count). The minimum atomic E-state index is -0.153. The highest BCUT2D eigenvalue weighted by atomic mass is 35.5. The van der Waals surface area contributed by atoms with Crippen LogP contribution in [0.2, 0.25) is 5.02 Å². The van der Waals surface area contributed by atoms with Crippen molar-refractivity contribution in [3.05, 3.63) is 41.5 Å². The summed E-state index contributed by atoms with van der Waals surface area (Å²) in [5.74, 6) is 0.233. The second-order valence-corrected chi connectivity index (χ2v) is 5.11. The molecule has 6 nitrogen and oxygen atoms in total. The van der Waals surface area contributed by atoms with Gasteiger partial charge in [0.05, 0.1) is 22.6 Å². The van der Waals surface area contributed by atoms with Gasteiger partial charge in [0.2, 0.25) is 0 Å². The van der Waals surface area contributed by atoms with Crippen LogP contribution in [0.4, 0.5) is 10.5 Å². The predicted octanol–water partition coefficient (Wildman–Crippen LogP) is 2.74. The average molecular weight is 293 g/mol. The Kier molecular flexibility index (Phi) is 3.56. The van der Waals surface area contributed by atoms with Gasteiger partial charge in [-0.3, -0.25) is 4.98 Å². The second kappa shape index (κ2) is 5.50. The summed E-state index contributed by atoms with van der Waals surface area (Å²) >= 11 is 5.83. The summed E-state index contributed by atoms with van der Waals surface area (Å²) in [6.45, 7) is 1.32. The third-order valence-electron chi connectivity index (χ3n) is 3.31. The first kappa shape index (κ1) is 12.9. The summed E-state index contributed by atoms with van der Waals surface area (Å²) in [4.78, 5) is 17.8. The molecule has 0 spiro atoms. The third-order valence-corrected chi connectivity index (χ3v) is 3.51. The van der Waals surface area contributed by atoms with Crippen molar-refractivity contribution in [2.45, 2.75) is 12.3 Å². The highest BCUT2D eigenvalue weighted by Gasteiger charge is 2.28. The molecule has 0 aliphatic carbocycles. The van der Waals surface area contributed by atoms with Crippen LogP contribution in [0.3, 0.4) is 0 Å². The van der Waals surface area contributed by atoms with E-state index in [2.05, 4.69) is 15.5 Å². The van der Waals surface area contributed by atoms with E-state index in [9.17, 15) is 4.79 Å². The number of urea groups is 1. The highest BCUT2D eigenvalue weighted by molar-refractivity contribution is 6.30. The minimum Gasteiger partial charge on any atom is -0.365 e. The lowest BCUT2D eigenvalue weighted by atomic mass is 10.1. The van der Waals surface area contributed by atoms with Gasteiger partial charge in [-0.15, -0.1) is 0 Å².